The molecule has 1 aromatic carbocycles. The number of benzene rings is 1. The van der Waals surface area contributed by atoms with Crippen molar-refractivity contribution >= 4 is 17.7 Å². The van der Waals surface area contributed by atoms with Crippen LogP contribution >= 0.6 is 0 Å². The van der Waals surface area contributed by atoms with Gasteiger partial charge in [-0.25, -0.2) is 9.59 Å². The van der Waals surface area contributed by atoms with Crippen LogP contribution in [-0.2, 0) is 4.79 Å². The van der Waals surface area contributed by atoms with Crippen LogP contribution in [0.3, 0.4) is 0 Å². The molecular formula is C15H19N3O3. The van der Waals surface area contributed by atoms with E-state index in [0.717, 1.165) is 0 Å². The molecule has 0 radical (unpaired) electrons. The number of carbonyl (C=O) groups excluding carboxylic acids is 1. The standard InChI is InChI=1S/C15H19N3O3/c1-15(2,3)12(13(19)20)17-14(21)18(4)11-8-6-5-7-10(11)9-16/h5-8,12H,1-4H3,(H,17,21)(H,19,20)/t12-/m0/s1. The summed E-state index contributed by atoms with van der Waals surface area (Å²) in [5, 5.41) is 20.8. The Balaban J connectivity index is 2.98. The fourth-order valence-electron chi connectivity index (χ4n) is 1.84. The summed E-state index contributed by atoms with van der Waals surface area (Å²) in [6.07, 6.45) is 0. The third-order valence-electron chi connectivity index (χ3n) is 3.07. The van der Waals surface area contributed by atoms with Crippen molar-refractivity contribution in [1.29, 1.82) is 5.26 Å². The average Bonchev–Trinajstić information content (AvgIpc) is 2.41. The SMILES string of the molecule is CN(C(=O)N[C@@H](C(=O)O)C(C)(C)C)c1ccccc1C#N. The zero-order valence-electron chi connectivity index (χ0n) is 12.5. The highest BCUT2D eigenvalue weighted by molar-refractivity contribution is 5.95. The largest absolute Gasteiger partial charge is 0.480 e. The molecule has 2 N–H and O–H groups in total. The van der Waals surface area contributed by atoms with Crippen molar-refractivity contribution in [2.45, 2.75) is 26.8 Å². The van der Waals surface area contributed by atoms with E-state index in [4.69, 9.17) is 5.26 Å². The first kappa shape index (κ1) is 16.5. The molecule has 0 bridgehead atoms. The van der Waals surface area contributed by atoms with Gasteiger partial charge in [-0.15, -0.1) is 0 Å². The molecule has 0 aliphatic heterocycles. The van der Waals surface area contributed by atoms with Crippen LogP contribution in [0, 0.1) is 16.7 Å². The number of para-hydroxylation sites is 1. The molecular weight excluding hydrogens is 270 g/mol. The van der Waals surface area contributed by atoms with Crippen LogP contribution in [0.1, 0.15) is 26.3 Å². The number of nitriles is 1. The molecule has 0 aromatic heterocycles. The number of hydrogen-bond donors (Lipinski definition) is 2. The lowest BCUT2D eigenvalue weighted by atomic mass is 9.87. The lowest BCUT2D eigenvalue weighted by molar-refractivity contribution is -0.141. The molecule has 0 spiro atoms. The number of carbonyl (C=O) groups is 2. The fraction of sp³-hybridized carbons (Fsp3) is 0.400. The highest BCUT2D eigenvalue weighted by Crippen LogP contribution is 2.21. The third-order valence-corrected chi connectivity index (χ3v) is 3.07. The van der Waals surface area contributed by atoms with E-state index < -0.39 is 23.5 Å². The lowest BCUT2D eigenvalue weighted by Crippen LogP contribution is -2.52. The van der Waals surface area contributed by atoms with Gasteiger partial charge in [0.05, 0.1) is 11.3 Å². The van der Waals surface area contributed by atoms with Crippen LogP contribution in [0.25, 0.3) is 0 Å². The van der Waals surface area contributed by atoms with Gasteiger partial charge in [0.1, 0.15) is 12.1 Å². The van der Waals surface area contributed by atoms with Crippen molar-refractivity contribution in [3.63, 3.8) is 0 Å². The average molecular weight is 289 g/mol. The van der Waals surface area contributed by atoms with Gasteiger partial charge in [0.15, 0.2) is 0 Å². The number of hydrogen-bond acceptors (Lipinski definition) is 3. The summed E-state index contributed by atoms with van der Waals surface area (Å²) in [6.45, 7) is 5.19. The predicted octanol–water partition coefficient (Wildman–Crippen LogP) is 2.20. The maximum Gasteiger partial charge on any atom is 0.326 e. The van der Waals surface area contributed by atoms with Gasteiger partial charge in [0.2, 0.25) is 0 Å². The number of carboxylic acid groups (broad SMARTS) is 1. The number of anilines is 1. The van der Waals surface area contributed by atoms with Crippen molar-refractivity contribution in [3.05, 3.63) is 29.8 Å². The number of nitrogens with one attached hydrogen (secondary N) is 1. The Kier molecular flexibility index (Phi) is 4.93. The Morgan fingerprint density at radius 2 is 1.90 bits per heavy atom. The molecule has 112 valence electrons. The summed E-state index contributed by atoms with van der Waals surface area (Å²) in [4.78, 5) is 24.7. The maximum absolute atomic E-state index is 12.2. The van der Waals surface area contributed by atoms with Crippen LogP contribution in [0.4, 0.5) is 10.5 Å². The molecule has 21 heavy (non-hydrogen) atoms. The molecule has 1 aromatic rings. The summed E-state index contributed by atoms with van der Waals surface area (Å²) in [5.74, 6) is -1.10. The quantitative estimate of drug-likeness (QED) is 0.892. The Hall–Kier alpha value is -2.55. The number of rotatable bonds is 3. The molecule has 0 saturated carbocycles. The summed E-state index contributed by atoms with van der Waals surface area (Å²) < 4.78 is 0. The van der Waals surface area contributed by atoms with Gasteiger partial charge in [0.25, 0.3) is 0 Å². The molecule has 0 aliphatic carbocycles. The second kappa shape index (κ2) is 6.27. The Morgan fingerprint density at radius 1 is 1.33 bits per heavy atom. The van der Waals surface area contributed by atoms with E-state index in [1.165, 1.54) is 11.9 Å². The first-order chi connectivity index (χ1) is 9.68. The summed E-state index contributed by atoms with van der Waals surface area (Å²) in [7, 11) is 1.49. The van der Waals surface area contributed by atoms with Gasteiger partial charge in [-0.2, -0.15) is 5.26 Å². The van der Waals surface area contributed by atoms with E-state index in [-0.39, 0.29) is 0 Å². The normalized spacial score (nSPS) is 12.1. The van der Waals surface area contributed by atoms with Gasteiger partial charge in [0, 0.05) is 7.05 Å². The number of nitrogens with zero attached hydrogens (tertiary/aromatic N) is 2. The Labute approximate surface area is 124 Å². The Morgan fingerprint density at radius 3 is 2.38 bits per heavy atom. The lowest BCUT2D eigenvalue weighted by Gasteiger charge is -2.30. The fourth-order valence-corrected chi connectivity index (χ4v) is 1.84. The number of carboxylic acids is 1. The molecule has 0 fully saturated rings. The first-order valence-corrected chi connectivity index (χ1v) is 6.44. The van der Waals surface area contributed by atoms with Gasteiger partial charge in [-0.05, 0) is 17.5 Å². The second-order valence-corrected chi connectivity index (χ2v) is 5.77. The second-order valence-electron chi connectivity index (χ2n) is 5.77. The minimum absolute atomic E-state index is 0.345. The van der Waals surface area contributed by atoms with Gasteiger partial charge < -0.3 is 10.4 Å². The zero-order chi connectivity index (χ0) is 16.2. The number of aliphatic carboxylic acids is 1. The zero-order valence-corrected chi connectivity index (χ0v) is 12.5. The number of amides is 2. The Bertz CT molecular complexity index is 585. The van der Waals surface area contributed by atoms with Crippen molar-refractivity contribution in [1.82, 2.24) is 5.32 Å². The number of urea groups is 1. The van der Waals surface area contributed by atoms with Gasteiger partial charge in [-0.3, -0.25) is 4.90 Å². The van der Waals surface area contributed by atoms with Gasteiger partial charge >= 0.3 is 12.0 Å². The molecule has 1 rings (SSSR count). The predicted molar refractivity (Wildman–Crippen MR) is 79.0 cm³/mol. The molecule has 0 heterocycles. The highest BCUT2D eigenvalue weighted by Gasteiger charge is 2.33. The van der Waals surface area contributed by atoms with Crippen LogP contribution < -0.4 is 10.2 Å². The molecule has 0 aliphatic rings. The molecule has 6 nitrogen and oxygen atoms in total. The molecule has 1 atom stereocenters. The van der Waals surface area contributed by atoms with E-state index in [0.29, 0.717) is 11.3 Å². The van der Waals surface area contributed by atoms with Gasteiger partial charge in [-0.1, -0.05) is 32.9 Å². The van der Waals surface area contributed by atoms with Crippen molar-refractivity contribution in [2.24, 2.45) is 5.41 Å². The summed E-state index contributed by atoms with van der Waals surface area (Å²) >= 11 is 0. The van der Waals surface area contributed by atoms with Crippen LogP contribution in [0.15, 0.2) is 24.3 Å². The van der Waals surface area contributed by atoms with Crippen LogP contribution in [-0.4, -0.2) is 30.2 Å². The van der Waals surface area contributed by atoms with Crippen LogP contribution in [0.5, 0.6) is 0 Å². The summed E-state index contributed by atoms with van der Waals surface area (Å²) in [5.41, 5.74) is 0.144. The molecule has 0 unspecified atom stereocenters. The summed E-state index contributed by atoms with van der Waals surface area (Å²) in [6, 6.07) is 7.03. The monoisotopic (exact) mass is 289 g/mol. The highest BCUT2D eigenvalue weighted by atomic mass is 16.4. The minimum Gasteiger partial charge on any atom is -0.480 e. The van der Waals surface area contributed by atoms with Crippen molar-refractivity contribution in [2.75, 3.05) is 11.9 Å². The van der Waals surface area contributed by atoms with E-state index in [1.807, 2.05) is 6.07 Å². The van der Waals surface area contributed by atoms with E-state index in [2.05, 4.69) is 5.32 Å². The van der Waals surface area contributed by atoms with E-state index in [9.17, 15) is 14.7 Å². The molecule has 6 heteroatoms. The molecule has 2 amide bonds. The van der Waals surface area contributed by atoms with Crippen molar-refractivity contribution in [3.8, 4) is 6.07 Å². The first-order valence-electron chi connectivity index (χ1n) is 6.44. The molecule has 0 saturated heterocycles. The van der Waals surface area contributed by atoms with E-state index in [1.54, 1.807) is 45.0 Å². The topological polar surface area (TPSA) is 93.4 Å². The minimum atomic E-state index is -1.10. The third kappa shape index (κ3) is 3.96. The van der Waals surface area contributed by atoms with E-state index >= 15 is 0 Å². The van der Waals surface area contributed by atoms with Crippen molar-refractivity contribution < 1.29 is 14.7 Å². The van der Waals surface area contributed by atoms with Crippen LogP contribution in [0.2, 0.25) is 0 Å². The maximum atomic E-state index is 12.2. The smallest absolute Gasteiger partial charge is 0.326 e.